The van der Waals surface area contributed by atoms with E-state index in [0.717, 1.165) is 31.3 Å². The lowest BCUT2D eigenvalue weighted by atomic mass is 9.90. The normalized spacial score (nSPS) is 24.9. The third kappa shape index (κ3) is 4.66. The Morgan fingerprint density at radius 3 is 2.80 bits per heavy atom. The minimum atomic E-state index is -0.145. The number of nitrogens with one attached hydrogen (secondary N) is 1. The minimum absolute atomic E-state index is 0.145. The van der Waals surface area contributed by atoms with E-state index in [9.17, 15) is 0 Å². The van der Waals surface area contributed by atoms with Gasteiger partial charge in [0.15, 0.2) is 0 Å². The smallest absolute Gasteiger partial charge is 0.0683 e. The number of hydrogen-bond donors (Lipinski definition) is 1. The van der Waals surface area contributed by atoms with Gasteiger partial charge in [0, 0.05) is 6.04 Å². The molecule has 1 fully saturated rings. The van der Waals surface area contributed by atoms with Gasteiger partial charge in [0.2, 0.25) is 0 Å². The van der Waals surface area contributed by atoms with Crippen LogP contribution in [-0.2, 0) is 0 Å². The Kier molecular flexibility index (Phi) is 4.60. The number of nitriles is 1. The summed E-state index contributed by atoms with van der Waals surface area (Å²) in [6.07, 6.45) is 6.18. The Labute approximate surface area is 94.1 Å². The second kappa shape index (κ2) is 5.51. The van der Waals surface area contributed by atoms with E-state index in [4.69, 9.17) is 5.26 Å². The van der Waals surface area contributed by atoms with Crippen LogP contribution in [0.15, 0.2) is 0 Å². The highest BCUT2D eigenvalue weighted by Gasteiger charge is 2.35. The topological polar surface area (TPSA) is 35.8 Å². The van der Waals surface area contributed by atoms with Crippen molar-refractivity contribution in [1.82, 2.24) is 5.32 Å². The number of hydrogen-bond acceptors (Lipinski definition) is 2. The maximum absolute atomic E-state index is 8.86. The fourth-order valence-electron chi connectivity index (χ4n) is 2.06. The van der Waals surface area contributed by atoms with Crippen LogP contribution in [0.3, 0.4) is 0 Å². The third-order valence-corrected chi connectivity index (χ3v) is 3.27. The predicted octanol–water partition coefficient (Wildman–Crippen LogP) is 3.09. The minimum Gasteiger partial charge on any atom is -0.314 e. The van der Waals surface area contributed by atoms with Gasteiger partial charge in [-0.25, -0.2) is 0 Å². The molecule has 0 aromatic rings. The zero-order chi connectivity index (χ0) is 11.3. The van der Waals surface area contributed by atoms with E-state index in [2.05, 4.69) is 18.3 Å². The Hall–Kier alpha value is -0.550. The average Bonchev–Trinajstić information content (AvgIpc) is 2.92. The van der Waals surface area contributed by atoms with Crippen molar-refractivity contribution in [3.05, 3.63) is 0 Å². The van der Waals surface area contributed by atoms with Crippen LogP contribution in [-0.4, -0.2) is 12.6 Å². The first kappa shape index (κ1) is 12.5. The van der Waals surface area contributed by atoms with E-state index in [0.29, 0.717) is 0 Å². The van der Waals surface area contributed by atoms with E-state index in [-0.39, 0.29) is 5.41 Å². The van der Waals surface area contributed by atoms with Crippen LogP contribution in [0.1, 0.15) is 52.9 Å². The molecule has 1 aliphatic carbocycles. The number of nitrogens with zero attached hydrogens (tertiary/aromatic N) is 1. The Balaban J connectivity index is 1.98. The first-order chi connectivity index (χ1) is 7.09. The molecule has 2 nitrogen and oxygen atoms in total. The van der Waals surface area contributed by atoms with Crippen LogP contribution in [0.5, 0.6) is 0 Å². The summed E-state index contributed by atoms with van der Waals surface area (Å²) in [6.45, 7) is 7.37. The van der Waals surface area contributed by atoms with E-state index in [1.165, 1.54) is 19.3 Å². The van der Waals surface area contributed by atoms with Gasteiger partial charge in [-0.15, -0.1) is 0 Å². The van der Waals surface area contributed by atoms with Crippen molar-refractivity contribution < 1.29 is 0 Å². The van der Waals surface area contributed by atoms with Crippen LogP contribution < -0.4 is 5.32 Å². The Bertz CT molecular complexity index is 227. The highest BCUT2D eigenvalue weighted by atomic mass is 15.0. The van der Waals surface area contributed by atoms with Gasteiger partial charge in [-0.1, -0.05) is 13.3 Å². The van der Waals surface area contributed by atoms with Gasteiger partial charge in [0.25, 0.3) is 0 Å². The van der Waals surface area contributed by atoms with Gasteiger partial charge in [-0.3, -0.25) is 0 Å². The van der Waals surface area contributed by atoms with Crippen LogP contribution >= 0.6 is 0 Å². The standard InChI is InChI=1S/C13H24N2/c1-4-6-11-9-12(11)15-8-5-7-13(2,3)10-14/h11-12,15H,4-9H2,1-3H3. The molecular formula is C13H24N2. The third-order valence-electron chi connectivity index (χ3n) is 3.27. The highest BCUT2D eigenvalue weighted by Crippen LogP contribution is 2.34. The molecule has 0 amide bonds. The lowest BCUT2D eigenvalue weighted by Crippen LogP contribution is -2.21. The Morgan fingerprint density at radius 2 is 2.20 bits per heavy atom. The zero-order valence-corrected chi connectivity index (χ0v) is 10.3. The van der Waals surface area contributed by atoms with Crippen molar-refractivity contribution in [2.75, 3.05) is 6.54 Å². The highest BCUT2D eigenvalue weighted by molar-refractivity contribution is 4.94. The predicted molar refractivity (Wildman–Crippen MR) is 63.4 cm³/mol. The summed E-state index contributed by atoms with van der Waals surface area (Å²) in [7, 11) is 0. The summed E-state index contributed by atoms with van der Waals surface area (Å²) in [5.74, 6) is 0.943. The molecular weight excluding hydrogens is 184 g/mol. The fraction of sp³-hybridized carbons (Fsp3) is 0.923. The molecule has 86 valence electrons. The fourth-order valence-corrected chi connectivity index (χ4v) is 2.06. The first-order valence-corrected chi connectivity index (χ1v) is 6.23. The van der Waals surface area contributed by atoms with Crippen molar-refractivity contribution >= 4 is 0 Å². The lowest BCUT2D eigenvalue weighted by Gasteiger charge is -2.14. The molecule has 1 N–H and O–H groups in total. The molecule has 2 atom stereocenters. The van der Waals surface area contributed by atoms with E-state index in [1.54, 1.807) is 0 Å². The first-order valence-electron chi connectivity index (χ1n) is 6.23. The van der Waals surface area contributed by atoms with Crippen molar-refractivity contribution in [2.24, 2.45) is 11.3 Å². The molecule has 0 aromatic heterocycles. The molecule has 0 aromatic carbocycles. The molecule has 2 heteroatoms. The van der Waals surface area contributed by atoms with Crippen molar-refractivity contribution in [3.63, 3.8) is 0 Å². The van der Waals surface area contributed by atoms with Crippen LogP contribution in [0.4, 0.5) is 0 Å². The summed E-state index contributed by atoms with van der Waals surface area (Å²) in [5.41, 5.74) is -0.145. The van der Waals surface area contributed by atoms with Crippen molar-refractivity contribution in [1.29, 1.82) is 5.26 Å². The van der Waals surface area contributed by atoms with Gasteiger partial charge in [-0.05, 0) is 52.0 Å². The van der Waals surface area contributed by atoms with Gasteiger partial charge in [0.1, 0.15) is 0 Å². The van der Waals surface area contributed by atoms with E-state index >= 15 is 0 Å². The molecule has 0 radical (unpaired) electrons. The van der Waals surface area contributed by atoms with Crippen LogP contribution in [0.25, 0.3) is 0 Å². The van der Waals surface area contributed by atoms with Crippen LogP contribution in [0.2, 0.25) is 0 Å². The van der Waals surface area contributed by atoms with Crippen molar-refractivity contribution in [3.8, 4) is 6.07 Å². The molecule has 0 heterocycles. The largest absolute Gasteiger partial charge is 0.314 e. The quantitative estimate of drug-likeness (QED) is 0.653. The van der Waals surface area contributed by atoms with E-state index < -0.39 is 0 Å². The molecule has 15 heavy (non-hydrogen) atoms. The second-order valence-electron chi connectivity index (χ2n) is 5.44. The molecule has 1 rings (SSSR count). The lowest BCUT2D eigenvalue weighted by molar-refractivity contribution is 0.423. The summed E-state index contributed by atoms with van der Waals surface area (Å²) < 4.78 is 0. The molecule has 0 aliphatic heterocycles. The maximum Gasteiger partial charge on any atom is 0.0683 e. The number of rotatable bonds is 7. The maximum atomic E-state index is 8.86. The monoisotopic (exact) mass is 208 g/mol. The van der Waals surface area contributed by atoms with E-state index in [1.807, 2.05) is 13.8 Å². The summed E-state index contributed by atoms with van der Waals surface area (Å²) in [5, 5.41) is 12.4. The molecule has 1 saturated carbocycles. The van der Waals surface area contributed by atoms with Gasteiger partial charge >= 0.3 is 0 Å². The van der Waals surface area contributed by atoms with Crippen molar-refractivity contribution in [2.45, 2.75) is 58.9 Å². The molecule has 2 unspecified atom stereocenters. The molecule has 1 aliphatic rings. The summed E-state index contributed by atoms with van der Waals surface area (Å²) in [4.78, 5) is 0. The zero-order valence-electron chi connectivity index (χ0n) is 10.3. The van der Waals surface area contributed by atoms with Gasteiger partial charge in [0.05, 0.1) is 11.5 Å². The molecule has 0 bridgehead atoms. The second-order valence-corrected chi connectivity index (χ2v) is 5.44. The molecule has 0 spiro atoms. The van der Waals surface area contributed by atoms with Gasteiger partial charge < -0.3 is 5.32 Å². The molecule has 0 saturated heterocycles. The SMILES string of the molecule is CCCC1CC1NCCCC(C)(C)C#N. The summed E-state index contributed by atoms with van der Waals surface area (Å²) in [6, 6.07) is 3.13. The summed E-state index contributed by atoms with van der Waals surface area (Å²) >= 11 is 0. The van der Waals surface area contributed by atoms with Gasteiger partial charge in [-0.2, -0.15) is 5.26 Å². The average molecular weight is 208 g/mol. The Morgan fingerprint density at radius 1 is 1.47 bits per heavy atom. The van der Waals surface area contributed by atoms with Crippen LogP contribution in [0, 0.1) is 22.7 Å².